The van der Waals surface area contributed by atoms with E-state index in [9.17, 15) is 14.4 Å². The summed E-state index contributed by atoms with van der Waals surface area (Å²) in [6.45, 7) is 4.27. The summed E-state index contributed by atoms with van der Waals surface area (Å²) in [5.41, 5.74) is 4.35. The number of nitrogens with one attached hydrogen (secondary N) is 1. The molecule has 2 heterocycles. The fourth-order valence-corrected chi connectivity index (χ4v) is 4.05. The minimum atomic E-state index is -0.275. The zero-order valence-corrected chi connectivity index (χ0v) is 16.6. The van der Waals surface area contributed by atoms with Crippen molar-refractivity contribution in [3.05, 3.63) is 65.4 Å². The predicted octanol–water partition coefficient (Wildman–Crippen LogP) is 3.20. The second-order valence-corrected chi connectivity index (χ2v) is 7.22. The quantitative estimate of drug-likeness (QED) is 0.816. The number of rotatable bonds is 4. The van der Waals surface area contributed by atoms with Crippen LogP contribution in [-0.4, -0.2) is 35.7 Å². The number of fused-ring (bicyclic) bond motifs is 1. The van der Waals surface area contributed by atoms with Crippen LogP contribution < -0.4 is 10.2 Å². The molecule has 2 aromatic rings. The number of nitrogens with zero attached hydrogens (tertiary/aromatic N) is 2. The number of likely N-dealkylation sites (N-methyl/N-ethyl adjacent to an activating group) is 1. The molecule has 0 atom stereocenters. The van der Waals surface area contributed by atoms with Crippen LogP contribution in [0.5, 0.6) is 0 Å². The van der Waals surface area contributed by atoms with Gasteiger partial charge in [-0.2, -0.15) is 0 Å². The summed E-state index contributed by atoms with van der Waals surface area (Å²) in [6, 6.07) is 15.1. The lowest BCUT2D eigenvalue weighted by Gasteiger charge is -2.32. The number of benzene rings is 2. The molecule has 0 radical (unpaired) electrons. The van der Waals surface area contributed by atoms with E-state index in [2.05, 4.69) is 11.4 Å². The zero-order valence-electron chi connectivity index (χ0n) is 16.6. The van der Waals surface area contributed by atoms with Crippen molar-refractivity contribution in [2.75, 3.05) is 23.3 Å². The number of amides is 3. The normalized spacial score (nSPS) is 16.3. The first-order chi connectivity index (χ1) is 14.0. The van der Waals surface area contributed by atoms with Crippen LogP contribution in [0.1, 0.15) is 31.4 Å². The Bertz CT molecular complexity index is 1020. The Labute approximate surface area is 169 Å². The maximum atomic E-state index is 13.2. The lowest BCUT2D eigenvalue weighted by Crippen LogP contribution is -2.37. The molecule has 4 rings (SSSR count). The molecule has 0 saturated heterocycles. The van der Waals surface area contributed by atoms with Gasteiger partial charge in [0.05, 0.1) is 5.57 Å². The molecular formula is C23H23N3O3. The number of carbonyl (C=O) groups is 3. The molecule has 0 aliphatic carbocycles. The standard InChI is InChI=1S/C23H23N3O3/c1-3-25-22(28)20(17-10-12-18(13-11-17)24-15(2)27)21(23(25)29)26-14-6-8-16-7-4-5-9-19(16)26/h4-5,7,9-13H,3,6,8,14H2,1-2H3,(H,24,27). The topological polar surface area (TPSA) is 69.7 Å². The van der Waals surface area contributed by atoms with Crippen LogP contribution in [0.3, 0.4) is 0 Å². The van der Waals surface area contributed by atoms with Gasteiger partial charge in [0.1, 0.15) is 5.70 Å². The van der Waals surface area contributed by atoms with Gasteiger partial charge in [0.15, 0.2) is 0 Å². The molecule has 6 nitrogen and oxygen atoms in total. The average molecular weight is 389 g/mol. The van der Waals surface area contributed by atoms with Crippen molar-refractivity contribution in [3.8, 4) is 0 Å². The van der Waals surface area contributed by atoms with E-state index in [0.717, 1.165) is 18.5 Å². The number of imide groups is 1. The van der Waals surface area contributed by atoms with E-state index in [1.54, 1.807) is 31.2 Å². The maximum absolute atomic E-state index is 13.2. The minimum Gasteiger partial charge on any atom is -0.336 e. The molecule has 0 aromatic heterocycles. The van der Waals surface area contributed by atoms with Crippen molar-refractivity contribution in [3.63, 3.8) is 0 Å². The van der Waals surface area contributed by atoms with Crippen molar-refractivity contribution in [1.82, 2.24) is 4.90 Å². The Balaban J connectivity index is 1.83. The highest BCUT2D eigenvalue weighted by Crippen LogP contribution is 2.37. The molecule has 0 fully saturated rings. The third-order valence-electron chi connectivity index (χ3n) is 5.33. The Morgan fingerprint density at radius 3 is 2.45 bits per heavy atom. The summed E-state index contributed by atoms with van der Waals surface area (Å²) in [5, 5.41) is 2.72. The van der Waals surface area contributed by atoms with E-state index >= 15 is 0 Å². The first-order valence-electron chi connectivity index (χ1n) is 9.85. The Hall–Kier alpha value is -3.41. The van der Waals surface area contributed by atoms with Crippen molar-refractivity contribution in [2.24, 2.45) is 0 Å². The highest BCUT2D eigenvalue weighted by molar-refractivity contribution is 6.36. The van der Waals surface area contributed by atoms with Crippen LogP contribution in [-0.2, 0) is 20.8 Å². The van der Waals surface area contributed by atoms with E-state index < -0.39 is 0 Å². The van der Waals surface area contributed by atoms with E-state index in [1.807, 2.05) is 23.1 Å². The van der Waals surface area contributed by atoms with E-state index in [-0.39, 0.29) is 17.7 Å². The monoisotopic (exact) mass is 389 g/mol. The Morgan fingerprint density at radius 1 is 1.03 bits per heavy atom. The second kappa shape index (κ2) is 7.54. The van der Waals surface area contributed by atoms with Crippen LogP contribution in [0, 0.1) is 0 Å². The number of para-hydroxylation sites is 1. The van der Waals surface area contributed by atoms with Crippen molar-refractivity contribution < 1.29 is 14.4 Å². The average Bonchev–Trinajstić information content (AvgIpc) is 2.97. The molecule has 2 aliphatic heterocycles. The minimum absolute atomic E-state index is 0.160. The van der Waals surface area contributed by atoms with Gasteiger partial charge >= 0.3 is 0 Å². The number of hydrogen-bond donors (Lipinski definition) is 1. The van der Waals surface area contributed by atoms with E-state index in [4.69, 9.17) is 0 Å². The molecular weight excluding hydrogens is 366 g/mol. The van der Waals surface area contributed by atoms with Crippen LogP contribution in [0.4, 0.5) is 11.4 Å². The van der Waals surface area contributed by atoms with Gasteiger partial charge in [-0.15, -0.1) is 0 Å². The first kappa shape index (κ1) is 18.9. The summed E-state index contributed by atoms with van der Waals surface area (Å²) in [5.74, 6) is -0.690. The number of carbonyl (C=O) groups excluding carboxylic acids is 3. The predicted molar refractivity (Wildman–Crippen MR) is 112 cm³/mol. The van der Waals surface area contributed by atoms with Gasteiger partial charge in [0, 0.05) is 31.4 Å². The summed E-state index contributed by atoms with van der Waals surface area (Å²) in [6.07, 6.45) is 1.88. The van der Waals surface area contributed by atoms with Gasteiger partial charge in [-0.05, 0) is 49.1 Å². The van der Waals surface area contributed by atoms with Crippen molar-refractivity contribution in [2.45, 2.75) is 26.7 Å². The fourth-order valence-electron chi connectivity index (χ4n) is 4.05. The van der Waals surface area contributed by atoms with Gasteiger partial charge in [-0.3, -0.25) is 19.3 Å². The molecule has 29 heavy (non-hydrogen) atoms. The lowest BCUT2D eigenvalue weighted by atomic mass is 9.98. The molecule has 3 amide bonds. The Morgan fingerprint density at radius 2 is 1.76 bits per heavy atom. The molecule has 2 aromatic carbocycles. The molecule has 2 aliphatic rings. The summed E-state index contributed by atoms with van der Waals surface area (Å²) in [4.78, 5) is 40.9. The van der Waals surface area contributed by atoms with Crippen molar-refractivity contribution in [1.29, 1.82) is 0 Å². The number of hydrogen-bond acceptors (Lipinski definition) is 4. The Kier molecular flexibility index (Phi) is 4.92. The maximum Gasteiger partial charge on any atom is 0.278 e. The molecule has 0 spiro atoms. The zero-order chi connectivity index (χ0) is 20.5. The van der Waals surface area contributed by atoms with Gasteiger partial charge in [0.25, 0.3) is 11.8 Å². The smallest absolute Gasteiger partial charge is 0.278 e. The highest BCUT2D eigenvalue weighted by atomic mass is 16.2. The summed E-state index contributed by atoms with van der Waals surface area (Å²) < 4.78 is 0. The van der Waals surface area contributed by atoms with Crippen LogP contribution in [0.25, 0.3) is 5.57 Å². The number of anilines is 2. The van der Waals surface area contributed by atoms with Crippen LogP contribution >= 0.6 is 0 Å². The third kappa shape index (κ3) is 3.31. The fraction of sp³-hybridized carbons (Fsp3) is 0.261. The molecule has 6 heteroatoms. The SMILES string of the molecule is CCN1C(=O)C(c2ccc(NC(C)=O)cc2)=C(N2CCCc3ccccc32)C1=O. The van der Waals surface area contributed by atoms with Crippen LogP contribution in [0.15, 0.2) is 54.2 Å². The molecule has 1 N–H and O–H groups in total. The highest BCUT2D eigenvalue weighted by Gasteiger charge is 2.41. The molecule has 148 valence electrons. The number of aryl methyl sites for hydroxylation is 1. The molecule has 0 unspecified atom stereocenters. The van der Waals surface area contributed by atoms with Crippen molar-refractivity contribution >= 4 is 34.7 Å². The van der Waals surface area contributed by atoms with Gasteiger partial charge in [-0.1, -0.05) is 30.3 Å². The first-order valence-corrected chi connectivity index (χ1v) is 9.85. The van der Waals surface area contributed by atoms with Gasteiger partial charge in [0.2, 0.25) is 5.91 Å². The second-order valence-electron chi connectivity index (χ2n) is 7.22. The summed E-state index contributed by atoms with van der Waals surface area (Å²) in [7, 11) is 0. The largest absolute Gasteiger partial charge is 0.336 e. The molecule has 0 saturated carbocycles. The van der Waals surface area contributed by atoms with E-state index in [1.165, 1.54) is 17.4 Å². The van der Waals surface area contributed by atoms with Gasteiger partial charge < -0.3 is 10.2 Å². The summed E-state index contributed by atoms with van der Waals surface area (Å²) >= 11 is 0. The molecule has 0 bridgehead atoms. The van der Waals surface area contributed by atoms with Gasteiger partial charge in [-0.25, -0.2) is 0 Å². The van der Waals surface area contributed by atoms with Crippen LogP contribution in [0.2, 0.25) is 0 Å². The third-order valence-corrected chi connectivity index (χ3v) is 5.33. The lowest BCUT2D eigenvalue weighted by molar-refractivity contribution is -0.136. The van der Waals surface area contributed by atoms with E-state index in [0.29, 0.717) is 35.6 Å².